The average molecular weight is 225 g/mol. The molecule has 0 aliphatic rings. The largest absolute Gasteiger partial charge is 0.507 e. The summed E-state index contributed by atoms with van der Waals surface area (Å²) in [6, 6.07) is -0.501. The first-order valence-electron chi connectivity index (χ1n) is 4.20. The van der Waals surface area contributed by atoms with Crippen LogP contribution in [0.1, 0.15) is 12.8 Å². The number of urea groups is 1. The minimum Gasteiger partial charge on any atom is -0.352 e. The Balaban J connectivity index is 3.16. The van der Waals surface area contributed by atoms with Crippen molar-refractivity contribution < 1.29 is 17.3 Å². The minimum atomic E-state index is -0.865. The molecule has 0 heterocycles. The van der Waals surface area contributed by atoms with Crippen LogP contribution in [0.15, 0.2) is 0 Å². The van der Waals surface area contributed by atoms with Crippen LogP contribution in [0.3, 0.4) is 0 Å². The van der Waals surface area contributed by atoms with Gasteiger partial charge >= 0.3 is 17.8 Å². The molecule has 0 aliphatic heterocycles. The lowest BCUT2D eigenvalue weighted by atomic mass is 10.3. The van der Waals surface area contributed by atoms with E-state index in [-0.39, 0.29) is 0 Å². The summed E-state index contributed by atoms with van der Waals surface area (Å²) in [5.41, 5.74) is 4.88. The number of hydrogen-bond donors (Lipinski definition) is 2. The van der Waals surface area contributed by atoms with Gasteiger partial charge < -0.3 is 11.1 Å². The van der Waals surface area contributed by atoms with E-state index >= 15 is 0 Å². The Morgan fingerprint density at radius 2 is 2.00 bits per heavy atom. The van der Waals surface area contributed by atoms with Crippen LogP contribution in [0.2, 0.25) is 0 Å². The molecule has 0 spiro atoms. The molecule has 0 aromatic rings. The molecular formula is C7H17N2O4S+. The monoisotopic (exact) mass is 225 g/mol. The maximum atomic E-state index is 10.3. The lowest BCUT2D eigenvalue weighted by Crippen LogP contribution is -2.30. The van der Waals surface area contributed by atoms with Crippen molar-refractivity contribution in [3.05, 3.63) is 0 Å². The summed E-state index contributed by atoms with van der Waals surface area (Å²) in [4.78, 5) is 10.3. The fourth-order valence-electron chi connectivity index (χ4n) is 0.730. The lowest BCUT2D eigenvalue weighted by molar-refractivity contribution is 0.222. The van der Waals surface area contributed by atoms with E-state index in [0.29, 0.717) is 13.2 Å². The highest BCUT2D eigenvalue weighted by Gasteiger charge is 2.21. The highest BCUT2D eigenvalue weighted by atomic mass is 32.3. The lowest BCUT2D eigenvalue weighted by Gasteiger charge is -2.00. The second kappa shape index (κ2) is 9.07. The molecule has 3 N–H and O–H groups in total. The summed E-state index contributed by atoms with van der Waals surface area (Å²) in [7, 11) is 3.03. The molecule has 14 heavy (non-hydrogen) atoms. The van der Waals surface area contributed by atoms with Gasteiger partial charge in [-0.3, -0.25) is 0 Å². The Labute approximate surface area is 87.0 Å². The number of amides is 2. The molecule has 0 radical (unpaired) electrons. The van der Waals surface area contributed by atoms with Gasteiger partial charge in [-0.1, -0.05) is 0 Å². The summed E-state index contributed by atoms with van der Waals surface area (Å²) < 4.78 is 14.9. The van der Waals surface area contributed by atoms with E-state index < -0.39 is 17.8 Å². The summed E-state index contributed by atoms with van der Waals surface area (Å²) in [5, 5.41) is 2.48. The first kappa shape index (κ1) is 13.5. The smallest absolute Gasteiger partial charge is 0.352 e. The molecule has 6 nitrogen and oxygen atoms in total. The first-order chi connectivity index (χ1) is 6.70. The fraction of sp³-hybridized carbons (Fsp3) is 0.857. The van der Waals surface area contributed by atoms with Crippen molar-refractivity contribution >= 4 is 17.8 Å². The van der Waals surface area contributed by atoms with Crippen LogP contribution in [-0.2, 0) is 24.3 Å². The molecule has 0 atom stereocenters. The van der Waals surface area contributed by atoms with Crippen LogP contribution < -0.4 is 11.1 Å². The molecule has 0 rings (SSSR count). The number of rotatable bonds is 8. The summed E-state index contributed by atoms with van der Waals surface area (Å²) in [5.74, 6) is 0. The Hall–Kier alpha value is -0.500. The molecular weight excluding hydrogens is 208 g/mol. The van der Waals surface area contributed by atoms with Gasteiger partial charge in [-0.25, -0.2) is 4.79 Å². The molecule has 7 heteroatoms. The first-order valence-corrected chi connectivity index (χ1v) is 5.20. The highest BCUT2D eigenvalue weighted by Crippen LogP contribution is 2.01. The van der Waals surface area contributed by atoms with Crippen molar-refractivity contribution in [3.63, 3.8) is 0 Å². The topological polar surface area (TPSA) is 82.8 Å². The third-order valence-corrected chi connectivity index (χ3v) is 2.23. The van der Waals surface area contributed by atoms with Crippen molar-refractivity contribution in [3.8, 4) is 0 Å². The van der Waals surface area contributed by atoms with E-state index in [1.165, 1.54) is 14.2 Å². The molecule has 0 aliphatic carbocycles. The molecule has 0 saturated carbocycles. The highest BCUT2D eigenvalue weighted by molar-refractivity contribution is 7.82. The maximum Gasteiger partial charge on any atom is 0.507 e. The van der Waals surface area contributed by atoms with E-state index in [1.54, 1.807) is 0 Å². The van der Waals surface area contributed by atoms with Crippen molar-refractivity contribution in [2.75, 3.05) is 27.4 Å². The summed E-state index contributed by atoms with van der Waals surface area (Å²) in [6.07, 6.45) is 1.63. The molecule has 0 unspecified atom stereocenters. The Bertz CT molecular complexity index is 155. The van der Waals surface area contributed by atoms with Gasteiger partial charge in [0.1, 0.15) is 6.61 Å². The summed E-state index contributed by atoms with van der Waals surface area (Å²) >= 11 is -0.865. The van der Waals surface area contributed by atoms with Gasteiger partial charge in [-0.05, 0) is 12.8 Å². The van der Waals surface area contributed by atoms with Crippen LogP contribution in [0, 0.1) is 0 Å². The number of primary amides is 1. The summed E-state index contributed by atoms with van der Waals surface area (Å²) in [6.45, 7) is 1.09. The second-order valence-corrected chi connectivity index (χ2v) is 3.67. The van der Waals surface area contributed by atoms with Crippen molar-refractivity contribution in [1.29, 1.82) is 0 Å². The standard InChI is InChI=1S/C7H16N2O4S/c1-11-14(12-2)13-6-4-3-5-9-7(8)10/h3-6H2,1-2H3,(H2-,8,9,10)/p+1. The number of hydrogen-bond acceptors (Lipinski definition) is 4. The SMILES string of the molecule is CO[S+](OC)OCCCCNC(N)=O. The predicted octanol–water partition coefficient (Wildman–Crippen LogP) is 0.108. The third-order valence-electron chi connectivity index (χ3n) is 1.32. The normalized spacial score (nSPS) is 10.5. The van der Waals surface area contributed by atoms with E-state index in [1.807, 2.05) is 0 Å². The van der Waals surface area contributed by atoms with E-state index in [2.05, 4.69) is 5.32 Å². The Morgan fingerprint density at radius 3 is 2.50 bits per heavy atom. The number of unbranched alkanes of at least 4 members (excludes halogenated alkanes) is 1. The number of nitrogens with one attached hydrogen (secondary N) is 1. The van der Waals surface area contributed by atoms with Gasteiger partial charge in [0.25, 0.3) is 0 Å². The van der Waals surface area contributed by atoms with E-state index in [0.717, 1.165) is 12.8 Å². The average Bonchev–Trinajstić information content (AvgIpc) is 2.16. The second-order valence-electron chi connectivity index (χ2n) is 2.36. The molecule has 0 fully saturated rings. The van der Waals surface area contributed by atoms with E-state index in [9.17, 15) is 4.79 Å². The number of carbonyl (C=O) groups is 1. The molecule has 84 valence electrons. The number of nitrogens with two attached hydrogens (primary N) is 1. The molecule has 0 aromatic heterocycles. The van der Waals surface area contributed by atoms with Crippen molar-refractivity contribution in [2.24, 2.45) is 5.73 Å². The van der Waals surface area contributed by atoms with Crippen LogP contribution in [0.25, 0.3) is 0 Å². The zero-order valence-electron chi connectivity index (χ0n) is 8.45. The third kappa shape index (κ3) is 8.11. The van der Waals surface area contributed by atoms with Gasteiger partial charge in [-0.15, -0.1) is 12.5 Å². The number of carbonyl (C=O) groups excluding carboxylic acids is 1. The molecule has 0 aromatic carbocycles. The van der Waals surface area contributed by atoms with Crippen LogP contribution >= 0.6 is 0 Å². The van der Waals surface area contributed by atoms with Crippen molar-refractivity contribution in [1.82, 2.24) is 5.32 Å². The van der Waals surface area contributed by atoms with Gasteiger partial charge in [0.2, 0.25) is 0 Å². The minimum absolute atomic E-state index is 0.501. The van der Waals surface area contributed by atoms with Crippen LogP contribution in [-0.4, -0.2) is 33.4 Å². The van der Waals surface area contributed by atoms with Crippen molar-refractivity contribution in [2.45, 2.75) is 12.8 Å². The Morgan fingerprint density at radius 1 is 1.36 bits per heavy atom. The van der Waals surface area contributed by atoms with Gasteiger partial charge in [-0.2, -0.15) is 0 Å². The van der Waals surface area contributed by atoms with Crippen LogP contribution in [0.4, 0.5) is 4.79 Å². The van der Waals surface area contributed by atoms with Gasteiger partial charge in [0.05, 0.1) is 14.2 Å². The molecule has 0 saturated heterocycles. The quantitative estimate of drug-likeness (QED) is 0.453. The van der Waals surface area contributed by atoms with Crippen LogP contribution in [0.5, 0.6) is 0 Å². The van der Waals surface area contributed by atoms with Gasteiger partial charge in [0, 0.05) is 6.54 Å². The molecule has 2 amide bonds. The zero-order chi connectivity index (χ0) is 10.8. The maximum absolute atomic E-state index is 10.3. The zero-order valence-corrected chi connectivity index (χ0v) is 9.26. The fourth-order valence-corrected chi connectivity index (χ4v) is 1.31. The molecule has 0 bridgehead atoms. The Kier molecular flexibility index (Phi) is 8.75. The predicted molar refractivity (Wildman–Crippen MR) is 54.2 cm³/mol. The van der Waals surface area contributed by atoms with Gasteiger partial charge in [0.15, 0.2) is 0 Å². The van der Waals surface area contributed by atoms with E-state index in [4.69, 9.17) is 18.3 Å².